The van der Waals surface area contributed by atoms with Crippen LogP contribution in [0.3, 0.4) is 0 Å². The number of nitrogens with zero attached hydrogens (tertiary/aromatic N) is 4. The Morgan fingerprint density at radius 2 is 1.90 bits per heavy atom. The third-order valence-electron chi connectivity index (χ3n) is 7.62. The molecule has 1 aliphatic heterocycles. The standard InChI is InChI=1S/C29H31N5O5/c1-2-32(15-16-35)10-9-30-21-18-22(33-11-13-34(14-12-33)29(37)23-8-5-17-38-23)26-25-24(21)27(36)19-6-3-4-7-20(19)28(25)39-31-26/h3-8,17-18,30,35H,2,9-16H2,1H3. The van der Waals surface area contributed by atoms with Gasteiger partial charge in [-0.05, 0) is 24.7 Å². The molecule has 0 saturated carbocycles. The van der Waals surface area contributed by atoms with Gasteiger partial charge in [-0.25, -0.2) is 0 Å². The Morgan fingerprint density at radius 1 is 1.10 bits per heavy atom. The highest BCUT2D eigenvalue weighted by atomic mass is 16.5. The average Bonchev–Trinajstić information content (AvgIpc) is 3.67. The van der Waals surface area contributed by atoms with Crippen LogP contribution in [0.4, 0.5) is 11.4 Å². The van der Waals surface area contributed by atoms with Crippen molar-refractivity contribution in [1.29, 1.82) is 0 Å². The van der Waals surface area contributed by atoms with Crippen molar-refractivity contribution < 1.29 is 23.6 Å². The lowest BCUT2D eigenvalue weighted by Gasteiger charge is -2.36. The van der Waals surface area contributed by atoms with Crippen LogP contribution in [0.1, 0.15) is 33.4 Å². The van der Waals surface area contributed by atoms with Gasteiger partial charge in [0.15, 0.2) is 17.3 Å². The molecule has 1 saturated heterocycles. The van der Waals surface area contributed by atoms with Gasteiger partial charge in [-0.15, -0.1) is 0 Å². The SMILES string of the molecule is CCN(CCO)CCNc1cc(N2CCN(C(=O)c3ccco3)CC2)c2noc3c2c1C(=O)c1ccccc1-3. The molecule has 2 aliphatic rings. The van der Waals surface area contributed by atoms with Crippen molar-refractivity contribution in [3.8, 4) is 11.3 Å². The molecule has 1 amide bonds. The first-order chi connectivity index (χ1) is 19.1. The van der Waals surface area contributed by atoms with Crippen molar-refractivity contribution in [3.63, 3.8) is 0 Å². The lowest BCUT2D eigenvalue weighted by atomic mass is 9.86. The Labute approximate surface area is 225 Å². The first-order valence-electron chi connectivity index (χ1n) is 13.4. The number of aliphatic hydroxyl groups excluding tert-OH is 1. The molecule has 0 atom stereocenters. The monoisotopic (exact) mass is 529 g/mol. The summed E-state index contributed by atoms with van der Waals surface area (Å²) < 4.78 is 11.2. The maximum absolute atomic E-state index is 13.8. The molecular formula is C29H31N5O5. The van der Waals surface area contributed by atoms with Gasteiger partial charge in [-0.2, -0.15) is 0 Å². The number of benzene rings is 2. The van der Waals surface area contributed by atoms with E-state index < -0.39 is 0 Å². The molecule has 3 heterocycles. The van der Waals surface area contributed by atoms with Gasteiger partial charge in [0.25, 0.3) is 5.91 Å². The summed E-state index contributed by atoms with van der Waals surface area (Å²) >= 11 is 0. The number of amides is 1. The van der Waals surface area contributed by atoms with E-state index in [0.29, 0.717) is 67.4 Å². The first kappa shape index (κ1) is 25.1. The lowest BCUT2D eigenvalue weighted by Crippen LogP contribution is -2.48. The predicted octanol–water partition coefficient (Wildman–Crippen LogP) is 3.32. The Balaban J connectivity index is 1.34. The van der Waals surface area contributed by atoms with E-state index in [1.165, 1.54) is 6.26 Å². The number of anilines is 2. The average molecular weight is 530 g/mol. The van der Waals surface area contributed by atoms with Crippen molar-refractivity contribution >= 4 is 34.0 Å². The van der Waals surface area contributed by atoms with Gasteiger partial charge in [0.1, 0.15) is 5.52 Å². The number of rotatable bonds is 9. The fourth-order valence-electron chi connectivity index (χ4n) is 5.55. The van der Waals surface area contributed by atoms with Gasteiger partial charge in [-0.3, -0.25) is 14.5 Å². The second-order valence-electron chi connectivity index (χ2n) is 9.77. The summed E-state index contributed by atoms with van der Waals surface area (Å²) in [6.07, 6.45) is 1.51. The van der Waals surface area contributed by atoms with Crippen LogP contribution in [0.15, 0.2) is 57.7 Å². The highest BCUT2D eigenvalue weighted by molar-refractivity contribution is 6.28. The number of piperazine rings is 1. The molecule has 0 bridgehead atoms. The second-order valence-corrected chi connectivity index (χ2v) is 9.77. The topological polar surface area (TPSA) is 115 Å². The van der Waals surface area contributed by atoms with Crippen molar-refractivity contribution in [2.45, 2.75) is 6.92 Å². The van der Waals surface area contributed by atoms with Gasteiger partial charge in [0, 0.05) is 62.6 Å². The minimum atomic E-state index is -0.119. The highest BCUT2D eigenvalue weighted by Gasteiger charge is 2.34. The summed E-state index contributed by atoms with van der Waals surface area (Å²) in [4.78, 5) is 32.7. The van der Waals surface area contributed by atoms with Crippen LogP contribution in [0.25, 0.3) is 22.2 Å². The molecule has 2 N–H and O–H groups in total. The van der Waals surface area contributed by atoms with Crippen LogP contribution in [-0.2, 0) is 0 Å². The molecule has 202 valence electrons. The smallest absolute Gasteiger partial charge is 0.289 e. The van der Waals surface area contributed by atoms with Crippen LogP contribution in [0, 0.1) is 0 Å². The minimum absolute atomic E-state index is 0.0584. The molecule has 1 fully saturated rings. The van der Waals surface area contributed by atoms with Crippen molar-refractivity contribution in [1.82, 2.24) is 15.0 Å². The molecule has 0 spiro atoms. The van der Waals surface area contributed by atoms with Crippen molar-refractivity contribution in [2.75, 3.05) is 69.2 Å². The lowest BCUT2D eigenvalue weighted by molar-refractivity contribution is 0.0714. The third kappa shape index (κ3) is 4.45. The van der Waals surface area contributed by atoms with E-state index in [9.17, 15) is 14.7 Å². The maximum Gasteiger partial charge on any atom is 0.289 e. The Kier molecular flexibility index (Phi) is 6.80. The fraction of sp³-hybridized carbons (Fsp3) is 0.345. The van der Waals surface area contributed by atoms with Gasteiger partial charge in [0.05, 0.1) is 29.5 Å². The fourth-order valence-corrected chi connectivity index (χ4v) is 5.55. The number of carbonyl (C=O) groups is 2. The van der Waals surface area contributed by atoms with E-state index in [4.69, 9.17) is 8.94 Å². The van der Waals surface area contributed by atoms with E-state index in [2.05, 4.69) is 27.2 Å². The number of carbonyl (C=O) groups excluding carboxylic acids is 2. The molecule has 10 heteroatoms. The molecule has 0 radical (unpaired) electrons. The Bertz CT molecular complexity index is 1500. The predicted molar refractivity (Wildman–Crippen MR) is 147 cm³/mol. The first-order valence-corrected chi connectivity index (χ1v) is 13.4. The van der Waals surface area contributed by atoms with E-state index in [1.807, 2.05) is 30.3 Å². The number of fused-ring (bicyclic) bond motifs is 2. The zero-order valence-corrected chi connectivity index (χ0v) is 21.9. The Morgan fingerprint density at radius 3 is 2.62 bits per heavy atom. The largest absolute Gasteiger partial charge is 0.459 e. The van der Waals surface area contributed by atoms with Crippen molar-refractivity contribution in [2.24, 2.45) is 0 Å². The molecule has 6 rings (SSSR count). The zero-order valence-electron chi connectivity index (χ0n) is 21.9. The molecule has 10 nitrogen and oxygen atoms in total. The number of furan rings is 1. The summed E-state index contributed by atoms with van der Waals surface area (Å²) in [6.45, 7) is 7.18. The zero-order chi connectivity index (χ0) is 26.9. The van der Waals surface area contributed by atoms with Gasteiger partial charge >= 0.3 is 0 Å². The minimum Gasteiger partial charge on any atom is -0.459 e. The highest BCUT2D eigenvalue weighted by Crippen LogP contribution is 2.45. The summed E-state index contributed by atoms with van der Waals surface area (Å²) in [5.41, 5.74) is 4.16. The molecule has 1 aliphatic carbocycles. The van der Waals surface area contributed by atoms with Crippen LogP contribution in [-0.4, -0.2) is 90.7 Å². The van der Waals surface area contributed by atoms with Crippen LogP contribution in [0.2, 0.25) is 0 Å². The number of nitrogens with one attached hydrogen (secondary N) is 1. The van der Waals surface area contributed by atoms with Gasteiger partial charge in [0.2, 0.25) is 0 Å². The second kappa shape index (κ2) is 10.5. The molecule has 2 aromatic carbocycles. The number of hydrogen-bond donors (Lipinski definition) is 2. The van der Waals surface area contributed by atoms with Crippen LogP contribution in [0.5, 0.6) is 0 Å². The van der Waals surface area contributed by atoms with Gasteiger partial charge in [-0.1, -0.05) is 36.3 Å². The maximum atomic E-state index is 13.8. The quantitative estimate of drug-likeness (QED) is 0.297. The number of ketones is 1. The molecule has 39 heavy (non-hydrogen) atoms. The van der Waals surface area contributed by atoms with Crippen molar-refractivity contribution in [3.05, 3.63) is 65.6 Å². The summed E-state index contributed by atoms with van der Waals surface area (Å²) in [5.74, 6) is 0.759. The third-order valence-corrected chi connectivity index (χ3v) is 7.62. The summed E-state index contributed by atoms with van der Waals surface area (Å²) in [7, 11) is 0. The molecule has 0 unspecified atom stereocenters. The van der Waals surface area contributed by atoms with E-state index >= 15 is 0 Å². The van der Waals surface area contributed by atoms with Gasteiger partial charge < -0.3 is 29.2 Å². The number of aromatic nitrogens is 1. The number of aliphatic hydroxyl groups is 1. The molecule has 2 aromatic heterocycles. The van der Waals surface area contributed by atoms with E-state index in [-0.39, 0.29) is 18.3 Å². The molecule has 4 aromatic rings. The summed E-state index contributed by atoms with van der Waals surface area (Å²) in [6, 6.07) is 12.8. The van der Waals surface area contributed by atoms with E-state index in [0.717, 1.165) is 35.4 Å². The Hall–Kier alpha value is -4.15. The van der Waals surface area contributed by atoms with Crippen LogP contribution < -0.4 is 10.2 Å². The number of hydrogen-bond acceptors (Lipinski definition) is 9. The van der Waals surface area contributed by atoms with Crippen LogP contribution >= 0.6 is 0 Å². The summed E-state index contributed by atoms with van der Waals surface area (Å²) in [5, 5.41) is 18.0. The normalized spacial score (nSPS) is 14.8. The number of likely N-dealkylation sites (N-methyl/N-ethyl adjacent to an activating group) is 1. The molecular weight excluding hydrogens is 498 g/mol. The van der Waals surface area contributed by atoms with E-state index in [1.54, 1.807) is 17.0 Å².